The first-order chi connectivity index (χ1) is 12.0. The summed E-state index contributed by atoms with van der Waals surface area (Å²) < 4.78 is 28.6. The van der Waals surface area contributed by atoms with Crippen molar-refractivity contribution in [3.8, 4) is 5.75 Å². The summed E-state index contributed by atoms with van der Waals surface area (Å²) in [6.07, 6.45) is 0.874. The fourth-order valence-corrected chi connectivity index (χ4v) is 3.82. The van der Waals surface area contributed by atoms with Crippen LogP contribution in [0.1, 0.15) is 12.0 Å². The van der Waals surface area contributed by atoms with E-state index in [1.807, 2.05) is 18.2 Å². The van der Waals surface area contributed by atoms with Gasteiger partial charge in [-0.25, -0.2) is 0 Å². The van der Waals surface area contributed by atoms with Crippen molar-refractivity contribution in [2.75, 3.05) is 17.2 Å². The lowest BCUT2D eigenvalue weighted by atomic mass is 10.1. The zero-order valence-corrected chi connectivity index (χ0v) is 14.8. The van der Waals surface area contributed by atoms with Crippen molar-refractivity contribution in [2.24, 2.45) is 0 Å². The third-order valence-electron chi connectivity index (χ3n) is 3.86. The number of nitrogens with zero attached hydrogens (tertiary/aromatic N) is 1. The molecule has 0 unspecified atom stereocenters. The van der Waals surface area contributed by atoms with Gasteiger partial charge in [0.2, 0.25) is 5.91 Å². The van der Waals surface area contributed by atoms with Crippen molar-refractivity contribution >= 4 is 35.0 Å². The number of benzene rings is 2. The third-order valence-corrected chi connectivity index (χ3v) is 5.14. The zero-order valence-electron chi connectivity index (χ0n) is 13.3. The topological polar surface area (TPSA) is 29.5 Å². The molecular formula is C18H16ClF2NO2S. The molecule has 3 rings (SSSR count). The predicted molar refractivity (Wildman–Crippen MR) is 95.9 cm³/mol. The van der Waals surface area contributed by atoms with Gasteiger partial charge >= 0.3 is 6.61 Å². The van der Waals surface area contributed by atoms with E-state index in [-0.39, 0.29) is 11.7 Å². The number of aryl methyl sites for hydroxylation is 1. The molecule has 0 radical (unpaired) electrons. The van der Waals surface area contributed by atoms with E-state index in [4.69, 9.17) is 11.6 Å². The fourth-order valence-electron chi connectivity index (χ4n) is 2.67. The minimum Gasteiger partial charge on any atom is -0.435 e. The Morgan fingerprint density at radius 3 is 2.72 bits per heavy atom. The summed E-state index contributed by atoms with van der Waals surface area (Å²) in [5.41, 5.74) is 1.75. The molecule has 132 valence electrons. The van der Waals surface area contributed by atoms with E-state index in [1.165, 1.54) is 12.1 Å². The first-order valence-electron chi connectivity index (χ1n) is 7.79. The van der Waals surface area contributed by atoms with E-state index in [9.17, 15) is 13.6 Å². The number of carbonyl (C=O) groups excluding carboxylic acids is 1. The number of amides is 1. The van der Waals surface area contributed by atoms with E-state index in [0.29, 0.717) is 24.4 Å². The van der Waals surface area contributed by atoms with Crippen LogP contribution in [0.25, 0.3) is 0 Å². The van der Waals surface area contributed by atoms with Crippen molar-refractivity contribution in [1.82, 2.24) is 0 Å². The summed E-state index contributed by atoms with van der Waals surface area (Å²) in [5.74, 6) is 0.985. The maximum Gasteiger partial charge on any atom is 0.387 e. The molecule has 0 bridgehead atoms. The molecule has 0 fully saturated rings. The number of hydrogen-bond donors (Lipinski definition) is 0. The summed E-state index contributed by atoms with van der Waals surface area (Å²) in [4.78, 5) is 15.4. The molecule has 1 aliphatic heterocycles. The van der Waals surface area contributed by atoms with E-state index < -0.39 is 6.61 Å². The summed E-state index contributed by atoms with van der Waals surface area (Å²) in [5, 5.41) is 0.605. The average molecular weight is 384 g/mol. The number of rotatable bonds is 5. The molecular weight excluding hydrogens is 368 g/mol. The normalized spacial score (nSPS) is 13.7. The van der Waals surface area contributed by atoms with Gasteiger partial charge in [0.25, 0.3) is 0 Å². The van der Waals surface area contributed by atoms with Gasteiger partial charge in [-0.1, -0.05) is 23.7 Å². The maximum absolute atomic E-state index is 12.6. The van der Waals surface area contributed by atoms with Gasteiger partial charge in [0.15, 0.2) is 0 Å². The Hall–Kier alpha value is -1.79. The highest BCUT2D eigenvalue weighted by Crippen LogP contribution is 2.36. The Balaban J connectivity index is 1.63. The highest BCUT2D eigenvalue weighted by molar-refractivity contribution is 7.99. The second kappa shape index (κ2) is 8.06. The monoisotopic (exact) mass is 383 g/mol. The van der Waals surface area contributed by atoms with Crippen LogP contribution in [0.3, 0.4) is 0 Å². The van der Waals surface area contributed by atoms with Gasteiger partial charge in [0, 0.05) is 28.6 Å². The Morgan fingerprint density at radius 2 is 2.00 bits per heavy atom. The molecule has 0 aliphatic carbocycles. The first-order valence-corrected chi connectivity index (χ1v) is 9.16. The number of hydrogen-bond acceptors (Lipinski definition) is 3. The van der Waals surface area contributed by atoms with Crippen LogP contribution >= 0.6 is 23.4 Å². The quantitative estimate of drug-likeness (QED) is 0.726. The molecule has 1 amide bonds. The minimum atomic E-state index is -2.84. The van der Waals surface area contributed by atoms with Crippen LogP contribution < -0.4 is 9.64 Å². The van der Waals surface area contributed by atoms with Gasteiger partial charge in [0.1, 0.15) is 5.75 Å². The highest BCUT2D eigenvalue weighted by Gasteiger charge is 2.23. The van der Waals surface area contributed by atoms with Gasteiger partial charge in [-0.05, 0) is 42.3 Å². The molecule has 0 saturated carbocycles. The number of halogens is 3. The molecule has 3 nitrogen and oxygen atoms in total. The number of carbonyl (C=O) groups is 1. The molecule has 0 atom stereocenters. The molecule has 0 aromatic heterocycles. The molecule has 0 N–H and O–H groups in total. The molecule has 25 heavy (non-hydrogen) atoms. The Labute approximate surface area is 153 Å². The van der Waals surface area contributed by atoms with Crippen LogP contribution in [-0.2, 0) is 11.2 Å². The summed E-state index contributed by atoms with van der Waals surface area (Å²) in [7, 11) is 0. The van der Waals surface area contributed by atoms with Crippen molar-refractivity contribution in [2.45, 2.75) is 24.3 Å². The van der Waals surface area contributed by atoms with Crippen LogP contribution in [-0.4, -0.2) is 24.8 Å². The second-order valence-electron chi connectivity index (χ2n) is 5.53. The van der Waals surface area contributed by atoms with Crippen LogP contribution in [0.15, 0.2) is 47.4 Å². The third kappa shape index (κ3) is 4.64. The lowest BCUT2D eigenvalue weighted by Crippen LogP contribution is -2.35. The second-order valence-corrected chi connectivity index (χ2v) is 7.10. The number of anilines is 1. The number of thioether (sulfide) groups is 1. The number of fused-ring (bicyclic) bond motifs is 1. The molecule has 1 heterocycles. The maximum atomic E-state index is 12.6. The van der Waals surface area contributed by atoms with Crippen molar-refractivity contribution in [1.29, 1.82) is 0 Å². The first kappa shape index (κ1) is 18.0. The Kier molecular flexibility index (Phi) is 5.81. The molecule has 0 saturated heterocycles. The predicted octanol–water partition coefficient (Wildman–Crippen LogP) is 5.01. The Morgan fingerprint density at radius 1 is 1.24 bits per heavy atom. The highest BCUT2D eigenvalue weighted by atomic mass is 35.5. The zero-order chi connectivity index (χ0) is 17.8. The van der Waals surface area contributed by atoms with Crippen LogP contribution in [0, 0.1) is 0 Å². The number of ether oxygens (including phenoxy) is 1. The standard InChI is InChI=1S/C18H16ClF2NO2S/c19-13-4-7-16-15(11-13)22(9-10-25-16)17(23)8-3-12-1-5-14(6-2-12)24-18(20)21/h1-2,4-7,11,18H,3,8-10H2. The largest absolute Gasteiger partial charge is 0.435 e. The van der Waals surface area contributed by atoms with E-state index >= 15 is 0 Å². The molecule has 7 heteroatoms. The smallest absolute Gasteiger partial charge is 0.387 e. The molecule has 1 aliphatic rings. The molecule has 2 aromatic carbocycles. The van der Waals surface area contributed by atoms with Crippen LogP contribution in [0.2, 0.25) is 5.02 Å². The van der Waals surface area contributed by atoms with Crippen LogP contribution in [0.4, 0.5) is 14.5 Å². The van der Waals surface area contributed by atoms with Gasteiger partial charge < -0.3 is 9.64 Å². The summed E-state index contributed by atoms with van der Waals surface area (Å²) in [6, 6.07) is 11.9. The summed E-state index contributed by atoms with van der Waals surface area (Å²) >= 11 is 7.77. The SMILES string of the molecule is O=C(CCc1ccc(OC(F)F)cc1)N1CCSc2ccc(Cl)cc21. The molecule has 2 aromatic rings. The van der Waals surface area contributed by atoms with E-state index in [1.54, 1.807) is 28.8 Å². The number of alkyl halides is 2. The molecule has 0 spiro atoms. The van der Waals surface area contributed by atoms with Gasteiger partial charge in [-0.2, -0.15) is 8.78 Å². The average Bonchev–Trinajstić information content (AvgIpc) is 2.60. The van der Waals surface area contributed by atoms with E-state index in [0.717, 1.165) is 21.9 Å². The van der Waals surface area contributed by atoms with Gasteiger partial charge in [-0.15, -0.1) is 11.8 Å². The van der Waals surface area contributed by atoms with Gasteiger partial charge in [0.05, 0.1) is 5.69 Å². The fraction of sp³-hybridized carbons (Fsp3) is 0.278. The van der Waals surface area contributed by atoms with E-state index in [2.05, 4.69) is 4.74 Å². The van der Waals surface area contributed by atoms with Gasteiger partial charge in [-0.3, -0.25) is 4.79 Å². The summed E-state index contributed by atoms with van der Waals surface area (Å²) in [6.45, 7) is -2.19. The lowest BCUT2D eigenvalue weighted by Gasteiger charge is -2.29. The van der Waals surface area contributed by atoms with Crippen molar-refractivity contribution in [3.63, 3.8) is 0 Å². The van der Waals surface area contributed by atoms with Crippen molar-refractivity contribution in [3.05, 3.63) is 53.1 Å². The van der Waals surface area contributed by atoms with Crippen molar-refractivity contribution < 1.29 is 18.3 Å². The Bertz CT molecular complexity index is 755. The minimum absolute atomic E-state index is 0.0247. The van der Waals surface area contributed by atoms with Crippen LogP contribution in [0.5, 0.6) is 5.75 Å². The lowest BCUT2D eigenvalue weighted by molar-refractivity contribution is -0.118.